The minimum atomic E-state index is -1.71. The van der Waals surface area contributed by atoms with E-state index >= 15 is 0 Å². The van der Waals surface area contributed by atoms with Crippen molar-refractivity contribution >= 4 is 11.9 Å². The third kappa shape index (κ3) is 3.11. The highest BCUT2D eigenvalue weighted by atomic mass is 16.6. The van der Waals surface area contributed by atoms with Crippen LogP contribution in [0.5, 0.6) is 0 Å². The van der Waals surface area contributed by atoms with Crippen molar-refractivity contribution in [3.63, 3.8) is 0 Å². The predicted octanol–water partition coefficient (Wildman–Crippen LogP) is -4.05. The van der Waals surface area contributed by atoms with Crippen molar-refractivity contribution in [3.05, 3.63) is 0 Å². The molecule has 1 amide bonds. The number of nitrogens with one attached hydrogen (secondary N) is 1. The minimum Gasteiger partial charge on any atom is -0.480 e. The number of amides is 1. The van der Waals surface area contributed by atoms with E-state index in [1.54, 1.807) is 0 Å². The smallest absolute Gasteiger partial charge is 0.322 e. The first-order chi connectivity index (χ1) is 7.84. The second-order valence-corrected chi connectivity index (χ2v) is 3.62. The summed E-state index contributed by atoms with van der Waals surface area (Å²) in [5, 5.41) is 38.3. The molecular formula is C8H14N2O7. The van der Waals surface area contributed by atoms with Gasteiger partial charge in [0.1, 0.15) is 18.8 Å². The van der Waals surface area contributed by atoms with E-state index in [2.05, 4.69) is 4.74 Å². The molecule has 0 saturated carbocycles. The Morgan fingerprint density at radius 2 is 1.82 bits per heavy atom. The van der Waals surface area contributed by atoms with E-state index in [0.29, 0.717) is 0 Å². The summed E-state index contributed by atoms with van der Waals surface area (Å²) in [7, 11) is 0. The highest BCUT2D eigenvalue weighted by Gasteiger charge is 2.45. The number of hydrogen-bond donors (Lipinski definition) is 6. The number of nitrogens with two attached hydrogens (primary N) is 1. The lowest BCUT2D eigenvalue weighted by atomic mass is 9.96. The third-order valence-electron chi connectivity index (χ3n) is 2.35. The number of rotatable bonds is 3. The van der Waals surface area contributed by atoms with Gasteiger partial charge in [-0.25, -0.2) is 0 Å². The van der Waals surface area contributed by atoms with Crippen molar-refractivity contribution in [2.45, 2.75) is 30.6 Å². The topological polar surface area (TPSA) is 162 Å². The Hall–Kier alpha value is -1.26. The standard InChI is InChI=1S/C8H14N2O7/c9-3-4(13)6(17-8(16)5(3)14)7(15)10-1-2(11)12/h3-6,8,13-14,16H,1,9H2,(H,10,15)(H,11,12). The van der Waals surface area contributed by atoms with Crippen LogP contribution in [0.15, 0.2) is 0 Å². The van der Waals surface area contributed by atoms with E-state index in [1.165, 1.54) is 0 Å². The molecule has 0 aliphatic carbocycles. The van der Waals surface area contributed by atoms with Crippen LogP contribution in [0.2, 0.25) is 0 Å². The van der Waals surface area contributed by atoms with Gasteiger partial charge in [-0.2, -0.15) is 0 Å². The Bertz CT molecular complexity index is 310. The number of carbonyl (C=O) groups excluding carboxylic acids is 1. The fourth-order valence-corrected chi connectivity index (χ4v) is 1.39. The molecule has 0 aromatic rings. The van der Waals surface area contributed by atoms with Crippen LogP contribution in [-0.4, -0.2) is 69.5 Å². The van der Waals surface area contributed by atoms with Gasteiger partial charge < -0.3 is 36.2 Å². The van der Waals surface area contributed by atoms with Gasteiger partial charge >= 0.3 is 5.97 Å². The van der Waals surface area contributed by atoms with Crippen molar-refractivity contribution < 1.29 is 34.8 Å². The highest BCUT2D eigenvalue weighted by molar-refractivity contribution is 5.85. The molecule has 0 bridgehead atoms. The van der Waals surface area contributed by atoms with E-state index < -0.39 is 49.1 Å². The van der Waals surface area contributed by atoms with Gasteiger partial charge in [-0.15, -0.1) is 0 Å². The number of aliphatic hydroxyl groups is 3. The number of carbonyl (C=O) groups is 2. The molecule has 0 aromatic heterocycles. The molecule has 17 heavy (non-hydrogen) atoms. The Morgan fingerprint density at radius 3 is 2.35 bits per heavy atom. The number of aliphatic hydroxyl groups excluding tert-OH is 3. The lowest BCUT2D eigenvalue weighted by Crippen LogP contribution is -2.64. The zero-order valence-corrected chi connectivity index (χ0v) is 8.68. The molecule has 5 atom stereocenters. The van der Waals surface area contributed by atoms with Crippen molar-refractivity contribution in [3.8, 4) is 0 Å². The van der Waals surface area contributed by atoms with Gasteiger partial charge in [0.15, 0.2) is 12.4 Å². The van der Waals surface area contributed by atoms with Gasteiger partial charge in [-0.3, -0.25) is 9.59 Å². The van der Waals surface area contributed by atoms with E-state index in [1.807, 2.05) is 5.32 Å². The molecule has 0 radical (unpaired) electrons. The molecule has 98 valence electrons. The average Bonchev–Trinajstić information content (AvgIpc) is 2.28. The zero-order valence-electron chi connectivity index (χ0n) is 8.68. The van der Waals surface area contributed by atoms with Crippen molar-refractivity contribution in [2.75, 3.05) is 6.54 Å². The first-order valence-corrected chi connectivity index (χ1v) is 4.79. The van der Waals surface area contributed by atoms with Crippen LogP contribution in [0.3, 0.4) is 0 Å². The van der Waals surface area contributed by atoms with Gasteiger partial charge in [0.05, 0.1) is 6.04 Å². The molecule has 1 fully saturated rings. The number of carboxylic acids is 1. The maximum Gasteiger partial charge on any atom is 0.322 e. The molecule has 1 aliphatic rings. The molecule has 5 unspecified atom stereocenters. The summed E-state index contributed by atoms with van der Waals surface area (Å²) < 4.78 is 4.65. The summed E-state index contributed by atoms with van der Waals surface area (Å²) in [5.41, 5.74) is 5.36. The molecule has 1 heterocycles. The van der Waals surface area contributed by atoms with E-state index in [0.717, 1.165) is 0 Å². The van der Waals surface area contributed by atoms with Gasteiger partial charge in [0.25, 0.3) is 5.91 Å². The van der Waals surface area contributed by atoms with Crippen molar-refractivity contribution in [2.24, 2.45) is 5.73 Å². The summed E-state index contributed by atoms with van der Waals surface area (Å²) in [4.78, 5) is 21.6. The number of hydrogen-bond acceptors (Lipinski definition) is 7. The van der Waals surface area contributed by atoms with Crippen molar-refractivity contribution in [1.82, 2.24) is 5.32 Å². The molecule has 9 heteroatoms. The SMILES string of the molecule is NC1C(O)C(O)OC(C(=O)NCC(=O)O)C1O. The average molecular weight is 250 g/mol. The van der Waals surface area contributed by atoms with Crippen LogP contribution >= 0.6 is 0 Å². The Labute approximate surface area is 95.8 Å². The summed E-state index contributed by atoms with van der Waals surface area (Å²) >= 11 is 0. The maximum atomic E-state index is 11.4. The molecule has 7 N–H and O–H groups in total. The Balaban J connectivity index is 2.63. The van der Waals surface area contributed by atoms with Crippen molar-refractivity contribution in [1.29, 1.82) is 0 Å². The van der Waals surface area contributed by atoms with Crippen LogP contribution in [0, 0.1) is 0 Å². The summed E-state index contributed by atoms with van der Waals surface area (Å²) in [6, 6.07) is -1.26. The lowest BCUT2D eigenvalue weighted by Gasteiger charge is -2.38. The largest absolute Gasteiger partial charge is 0.480 e. The number of aliphatic carboxylic acids is 1. The van der Waals surface area contributed by atoms with Crippen LogP contribution in [0.1, 0.15) is 0 Å². The molecule has 0 spiro atoms. The zero-order chi connectivity index (χ0) is 13.2. The van der Waals surface area contributed by atoms with Gasteiger partial charge in [0, 0.05) is 0 Å². The second-order valence-electron chi connectivity index (χ2n) is 3.62. The number of carboxylic acid groups (broad SMARTS) is 1. The molecule has 0 aromatic carbocycles. The molecular weight excluding hydrogens is 236 g/mol. The van der Waals surface area contributed by atoms with Crippen LogP contribution < -0.4 is 11.1 Å². The summed E-state index contributed by atoms with van der Waals surface area (Å²) in [6.07, 6.45) is -6.30. The van der Waals surface area contributed by atoms with E-state index in [-0.39, 0.29) is 0 Å². The second kappa shape index (κ2) is 5.38. The molecule has 1 rings (SSSR count). The maximum absolute atomic E-state index is 11.4. The van der Waals surface area contributed by atoms with Gasteiger partial charge in [-0.05, 0) is 0 Å². The summed E-state index contributed by atoms with van der Waals surface area (Å²) in [5.74, 6) is -2.20. The normalized spacial score (nSPS) is 37.5. The Kier molecular flexibility index (Phi) is 4.37. The van der Waals surface area contributed by atoms with Gasteiger partial charge in [0.2, 0.25) is 0 Å². The fourth-order valence-electron chi connectivity index (χ4n) is 1.39. The summed E-state index contributed by atoms with van der Waals surface area (Å²) in [6.45, 7) is -0.653. The van der Waals surface area contributed by atoms with E-state index in [4.69, 9.17) is 10.8 Å². The first kappa shape index (κ1) is 13.8. The van der Waals surface area contributed by atoms with Crippen LogP contribution in [-0.2, 0) is 14.3 Å². The highest BCUT2D eigenvalue weighted by Crippen LogP contribution is 2.18. The minimum absolute atomic E-state index is 0.653. The quantitative estimate of drug-likeness (QED) is 0.295. The monoisotopic (exact) mass is 250 g/mol. The van der Waals surface area contributed by atoms with Crippen LogP contribution in [0.4, 0.5) is 0 Å². The third-order valence-corrected chi connectivity index (χ3v) is 2.35. The van der Waals surface area contributed by atoms with Gasteiger partial charge in [-0.1, -0.05) is 0 Å². The first-order valence-electron chi connectivity index (χ1n) is 4.79. The molecule has 9 nitrogen and oxygen atoms in total. The fraction of sp³-hybridized carbons (Fsp3) is 0.750. The molecule has 1 saturated heterocycles. The van der Waals surface area contributed by atoms with E-state index in [9.17, 15) is 24.9 Å². The van der Waals surface area contributed by atoms with Crippen LogP contribution in [0.25, 0.3) is 0 Å². The number of ether oxygens (including phenoxy) is 1. The molecule has 1 aliphatic heterocycles. The Morgan fingerprint density at radius 1 is 1.24 bits per heavy atom. The lowest BCUT2D eigenvalue weighted by molar-refractivity contribution is -0.247. The predicted molar refractivity (Wildman–Crippen MR) is 51.5 cm³/mol.